The minimum atomic E-state index is -0.727. The van der Waals surface area contributed by atoms with E-state index in [9.17, 15) is 9.90 Å². The molecule has 0 spiro atoms. The van der Waals surface area contributed by atoms with Crippen molar-refractivity contribution in [3.8, 4) is 0 Å². The average Bonchev–Trinajstić information content (AvgIpc) is 2.38. The molecule has 0 aliphatic heterocycles. The van der Waals surface area contributed by atoms with Crippen LogP contribution in [0.4, 0.5) is 0 Å². The first kappa shape index (κ1) is 14.7. The topological polar surface area (TPSA) is 49.3 Å². The molecule has 0 aromatic heterocycles. The highest BCUT2D eigenvalue weighted by Gasteiger charge is 2.18. The Labute approximate surface area is 109 Å². The molecular weight excluding hydrogens is 226 g/mol. The number of carbonyl (C=O) groups is 1. The molecule has 18 heavy (non-hydrogen) atoms. The fourth-order valence-electron chi connectivity index (χ4n) is 1.98. The Kier molecular flexibility index (Phi) is 7.11. The first-order chi connectivity index (χ1) is 8.75. The lowest BCUT2D eigenvalue weighted by Crippen LogP contribution is -2.19. The second kappa shape index (κ2) is 8.70. The van der Waals surface area contributed by atoms with Crippen LogP contribution >= 0.6 is 0 Å². The Morgan fingerprint density at radius 3 is 2.50 bits per heavy atom. The Morgan fingerprint density at radius 1 is 1.22 bits per heavy atom. The molecule has 0 aliphatic rings. The van der Waals surface area contributed by atoms with E-state index in [1.807, 2.05) is 30.3 Å². The van der Waals surface area contributed by atoms with Crippen LogP contribution in [-0.2, 0) is 4.79 Å². The van der Waals surface area contributed by atoms with E-state index in [0.717, 1.165) is 25.1 Å². The molecule has 0 unspecified atom stereocenters. The number of rotatable bonds is 9. The van der Waals surface area contributed by atoms with Gasteiger partial charge < -0.3 is 10.4 Å². The number of hydrogen-bond acceptors (Lipinski definition) is 2. The van der Waals surface area contributed by atoms with E-state index in [0.29, 0.717) is 6.42 Å². The molecule has 0 radical (unpaired) electrons. The van der Waals surface area contributed by atoms with Crippen LogP contribution in [0, 0.1) is 0 Å². The van der Waals surface area contributed by atoms with Gasteiger partial charge in [-0.1, -0.05) is 43.7 Å². The summed E-state index contributed by atoms with van der Waals surface area (Å²) < 4.78 is 0. The maximum Gasteiger partial charge on any atom is 0.310 e. The van der Waals surface area contributed by atoms with Crippen LogP contribution in [0.3, 0.4) is 0 Å². The molecule has 0 fully saturated rings. The van der Waals surface area contributed by atoms with Gasteiger partial charge in [-0.3, -0.25) is 4.79 Å². The van der Waals surface area contributed by atoms with Crippen molar-refractivity contribution in [1.29, 1.82) is 0 Å². The molecule has 1 aromatic rings. The van der Waals surface area contributed by atoms with Gasteiger partial charge in [0.1, 0.15) is 0 Å². The largest absolute Gasteiger partial charge is 0.481 e. The Morgan fingerprint density at radius 2 is 1.89 bits per heavy atom. The van der Waals surface area contributed by atoms with Gasteiger partial charge in [0.15, 0.2) is 0 Å². The number of carboxylic acid groups (broad SMARTS) is 1. The molecule has 0 saturated heterocycles. The molecule has 1 aromatic carbocycles. The zero-order valence-electron chi connectivity index (χ0n) is 11.1. The second-order valence-corrected chi connectivity index (χ2v) is 4.55. The van der Waals surface area contributed by atoms with Crippen molar-refractivity contribution in [1.82, 2.24) is 5.32 Å². The molecule has 0 aliphatic carbocycles. The summed E-state index contributed by atoms with van der Waals surface area (Å²) >= 11 is 0. The quantitative estimate of drug-likeness (QED) is 0.661. The first-order valence-corrected chi connectivity index (χ1v) is 6.74. The van der Waals surface area contributed by atoms with Crippen molar-refractivity contribution >= 4 is 5.97 Å². The highest BCUT2D eigenvalue weighted by atomic mass is 16.4. The molecule has 1 rings (SSSR count). The minimum absolute atomic E-state index is 0.376. The van der Waals surface area contributed by atoms with Crippen molar-refractivity contribution in [2.24, 2.45) is 0 Å². The average molecular weight is 249 g/mol. The third kappa shape index (κ3) is 5.32. The maximum absolute atomic E-state index is 11.2. The summed E-state index contributed by atoms with van der Waals surface area (Å²) in [5, 5.41) is 12.6. The summed E-state index contributed by atoms with van der Waals surface area (Å²) in [5.41, 5.74) is 0.901. The van der Waals surface area contributed by atoms with Gasteiger partial charge in [0.05, 0.1) is 5.92 Å². The number of unbranched alkanes of at least 4 members (excludes halogenated alkanes) is 1. The van der Waals surface area contributed by atoms with Crippen LogP contribution in [0.15, 0.2) is 30.3 Å². The van der Waals surface area contributed by atoms with Crippen LogP contribution in [0.1, 0.15) is 44.1 Å². The van der Waals surface area contributed by atoms with Crippen LogP contribution in [0.2, 0.25) is 0 Å². The molecule has 3 heteroatoms. The van der Waals surface area contributed by atoms with Gasteiger partial charge in [-0.25, -0.2) is 0 Å². The molecule has 0 saturated carbocycles. The summed E-state index contributed by atoms with van der Waals surface area (Å²) in [4.78, 5) is 11.2. The fourth-order valence-corrected chi connectivity index (χ4v) is 1.98. The van der Waals surface area contributed by atoms with Crippen molar-refractivity contribution in [3.05, 3.63) is 35.9 Å². The molecule has 0 amide bonds. The lowest BCUT2D eigenvalue weighted by molar-refractivity contribution is -0.139. The standard InChI is InChI=1S/C15H23NO2/c1-2-3-11-16-12-7-10-14(15(17)18)13-8-5-4-6-9-13/h4-6,8-9,14,16H,2-3,7,10-12H2,1H3,(H,17,18)/t14-/m0/s1. The number of nitrogens with one attached hydrogen (secondary N) is 1. The summed E-state index contributed by atoms with van der Waals surface area (Å²) in [7, 11) is 0. The summed E-state index contributed by atoms with van der Waals surface area (Å²) in [6.45, 7) is 4.09. The molecule has 0 bridgehead atoms. The number of aliphatic carboxylic acids is 1. The van der Waals surface area contributed by atoms with Crippen LogP contribution in [0.25, 0.3) is 0 Å². The van der Waals surface area contributed by atoms with Crippen molar-refractivity contribution in [2.45, 2.75) is 38.5 Å². The fraction of sp³-hybridized carbons (Fsp3) is 0.533. The van der Waals surface area contributed by atoms with Crippen LogP contribution < -0.4 is 5.32 Å². The zero-order valence-corrected chi connectivity index (χ0v) is 11.1. The first-order valence-electron chi connectivity index (χ1n) is 6.74. The lowest BCUT2D eigenvalue weighted by atomic mass is 9.94. The zero-order chi connectivity index (χ0) is 13.2. The summed E-state index contributed by atoms with van der Waals surface area (Å²) in [5.74, 6) is -1.10. The third-order valence-corrected chi connectivity index (χ3v) is 3.05. The van der Waals surface area contributed by atoms with Gasteiger partial charge in [-0.15, -0.1) is 0 Å². The Bertz CT molecular complexity index is 338. The predicted octanol–water partition coefficient (Wildman–Crippen LogP) is 3.02. The Hall–Kier alpha value is -1.35. The van der Waals surface area contributed by atoms with Crippen LogP contribution in [0.5, 0.6) is 0 Å². The smallest absolute Gasteiger partial charge is 0.310 e. The van der Waals surface area contributed by atoms with Gasteiger partial charge in [0, 0.05) is 0 Å². The van der Waals surface area contributed by atoms with Crippen LogP contribution in [-0.4, -0.2) is 24.2 Å². The third-order valence-electron chi connectivity index (χ3n) is 3.05. The number of carboxylic acids is 1. The molecule has 3 nitrogen and oxygen atoms in total. The summed E-state index contributed by atoms with van der Waals surface area (Å²) in [6.07, 6.45) is 3.96. The lowest BCUT2D eigenvalue weighted by Gasteiger charge is -2.12. The highest BCUT2D eigenvalue weighted by molar-refractivity contribution is 5.75. The monoisotopic (exact) mass is 249 g/mol. The van der Waals surface area contributed by atoms with E-state index in [4.69, 9.17) is 0 Å². The van der Waals surface area contributed by atoms with Gasteiger partial charge >= 0.3 is 5.97 Å². The highest BCUT2D eigenvalue weighted by Crippen LogP contribution is 2.20. The normalized spacial score (nSPS) is 12.3. The minimum Gasteiger partial charge on any atom is -0.481 e. The van der Waals surface area contributed by atoms with Gasteiger partial charge in [-0.2, -0.15) is 0 Å². The van der Waals surface area contributed by atoms with E-state index >= 15 is 0 Å². The molecule has 0 heterocycles. The second-order valence-electron chi connectivity index (χ2n) is 4.55. The maximum atomic E-state index is 11.2. The summed E-state index contributed by atoms with van der Waals surface area (Å²) in [6, 6.07) is 9.48. The molecule has 2 N–H and O–H groups in total. The number of benzene rings is 1. The SMILES string of the molecule is CCCCNCCC[C@H](C(=O)O)c1ccccc1. The Balaban J connectivity index is 2.34. The van der Waals surface area contributed by atoms with E-state index in [1.54, 1.807) is 0 Å². The van der Waals surface area contributed by atoms with Gasteiger partial charge in [0.2, 0.25) is 0 Å². The molecule has 1 atom stereocenters. The van der Waals surface area contributed by atoms with E-state index in [2.05, 4.69) is 12.2 Å². The number of hydrogen-bond donors (Lipinski definition) is 2. The van der Waals surface area contributed by atoms with Crippen molar-refractivity contribution in [3.63, 3.8) is 0 Å². The van der Waals surface area contributed by atoms with Crippen molar-refractivity contribution in [2.75, 3.05) is 13.1 Å². The van der Waals surface area contributed by atoms with Crippen molar-refractivity contribution < 1.29 is 9.90 Å². The van der Waals surface area contributed by atoms with E-state index in [-0.39, 0.29) is 5.92 Å². The van der Waals surface area contributed by atoms with Gasteiger partial charge in [-0.05, 0) is 37.9 Å². The predicted molar refractivity (Wildman–Crippen MR) is 73.8 cm³/mol. The molecule has 100 valence electrons. The van der Waals surface area contributed by atoms with E-state index in [1.165, 1.54) is 12.8 Å². The van der Waals surface area contributed by atoms with Gasteiger partial charge in [0.25, 0.3) is 0 Å². The van der Waals surface area contributed by atoms with E-state index < -0.39 is 5.97 Å². The molecular formula is C15H23NO2.